The molecule has 7 heteroatoms. The third-order valence-electron chi connectivity index (χ3n) is 4.85. The van der Waals surface area contributed by atoms with Gasteiger partial charge in [-0.2, -0.15) is 5.26 Å². The lowest BCUT2D eigenvalue weighted by Crippen LogP contribution is -2.37. The Bertz CT molecular complexity index is 850. The SMILES string of the molecule is C=CCC(F)/C=C/CN=C/C(=C\CC)OCC1CN2C(=NC3C=C(C#N)C=CC32)O1. The van der Waals surface area contributed by atoms with Crippen LogP contribution >= 0.6 is 0 Å². The summed E-state index contributed by atoms with van der Waals surface area (Å²) in [5.74, 6) is 0.670. The van der Waals surface area contributed by atoms with Gasteiger partial charge in [0.2, 0.25) is 0 Å². The first-order valence-electron chi connectivity index (χ1n) is 10.2. The fourth-order valence-corrected chi connectivity index (χ4v) is 3.44. The molecule has 0 spiro atoms. The number of ether oxygens (including phenoxy) is 2. The van der Waals surface area contributed by atoms with Gasteiger partial charge in [0.25, 0.3) is 6.02 Å². The van der Waals surface area contributed by atoms with Crippen molar-refractivity contribution in [3.8, 4) is 6.07 Å². The predicted octanol–water partition coefficient (Wildman–Crippen LogP) is 3.67. The van der Waals surface area contributed by atoms with Crippen molar-refractivity contribution in [3.05, 3.63) is 60.4 Å². The molecule has 30 heavy (non-hydrogen) atoms. The summed E-state index contributed by atoms with van der Waals surface area (Å²) in [5.41, 5.74) is 0.632. The topological polar surface area (TPSA) is 70.2 Å². The van der Waals surface area contributed by atoms with Crippen LogP contribution in [-0.4, -0.2) is 61.2 Å². The van der Waals surface area contributed by atoms with E-state index < -0.39 is 6.17 Å². The molecule has 6 nitrogen and oxygen atoms in total. The Morgan fingerprint density at radius 2 is 2.47 bits per heavy atom. The van der Waals surface area contributed by atoms with Crippen molar-refractivity contribution in [2.45, 2.75) is 44.1 Å². The second-order valence-corrected chi connectivity index (χ2v) is 7.17. The Balaban J connectivity index is 1.48. The summed E-state index contributed by atoms with van der Waals surface area (Å²) in [6.07, 6.45) is 14.0. The lowest BCUT2D eigenvalue weighted by atomic mass is 9.99. The molecule has 4 unspecified atom stereocenters. The minimum absolute atomic E-state index is 0.0624. The molecule has 0 aromatic heterocycles. The summed E-state index contributed by atoms with van der Waals surface area (Å²) in [6, 6.07) is 2.80. The second kappa shape index (κ2) is 10.6. The van der Waals surface area contributed by atoms with Crippen LogP contribution in [0.4, 0.5) is 4.39 Å². The Labute approximate surface area is 177 Å². The van der Waals surface area contributed by atoms with E-state index in [-0.39, 0.29) is 18.2 Å². The van der Waals surface area contributed by atoms with Crippen molar-refractivity contribution in [1.29, 1.82) is 5.26 Å². The molecule has 2 aliphatic heterocycles. The molecule has 0 amide bonds. The van der Waals surface area contributed by atoms with Gasteiger partial charge in [0.1, 0.15) is 18.5 Å². The van der Waals surface area contributed by atoms with Gasteiger partial charge >= 0.3 is 0 Å². The van der Waals surface area contributed by atoms with E-state index in [1.807, 2.05) is 31.2 Å². The highest BCUT2D eigenvalue weighted by atomic mass is 19.1. The number of amidine groups is 1. The predicted molar refractivity (Wildman–Crippen MR) is 116 cm³/mol. The molecule has 0 aromatic rings. The van der Waals surface area contributed by atoms with Crippen LogP contribution in [0, 0.1) is 11.3 Å². The van der Waals surface area contributed by atoms with Gasteiger partial charge in [-0.3, -0.25) is 4.99 Å². The molecule has 0 aromatic carbocycles. The van der Waals surface area contributed by atoms with Crippen molar-refractivity contribution in [3.63, 3.8) is 0 Å². The van der Waals surface area contributed by atoms with E-state index in [1.165, 1.54) is 6.08 Å². The molecule has 1 aliphatic carbocycles. The van der Waals surface area contributed by atoms with Crippen LogP contribution in [0.1, 0.15) is 19.8 Å². The van der Waals surface area contributed by atoms with E-state index in [4.69, 9.17) is 14.7 Å². The van der Waals surface area contributed by atoms with E-state index in [0.29, 0.717) is 43.5 Å². The Morgan fingerprint density at radius 3 is 3.23 bits per heavy atom. The summed E-state index contributed by atoms with van der Waals surface area (Å²) < 4.78 is 25.2. The molecule has 158 valence electrons. The van der Waals surface area contributed by atoms with Crippen LogP contribution in [0.15, 0.2) is 70.4 Å². The van der Waals surface area contributed by atoms with Gasteiger partial charge < -0.3 is 14.4 Å². The number of fused-ring (bicyclic) bond motifs is 3. The van der Waals surface area contributed by atoms with E-state index in [1.54, 1.807) is 18.4 Å². The van der Waals surface area contributed by atoms with Crippen LogP contribution in [0.5, 0.6) is 0 Å². The molecular weight excluding hydrogens is 383 g/mol. The average molecular weight is 410 g/mol. The molecule has 0 bridgehead atoms. The van der Waals surface area contributed by atoms with E-state index in [9.17, 15) is 4.39 Å². The normalized spacial score (nSPS) is 26.1. The highest BCUT2D eigenvalue weighted by Crippen LogP contribution is 2.30. The molecular formula is C23H27FN4O2. The summed E-state index contributed by atoms with van der Waals surface area (Å²) in [7, 11) is 0. The lowest BCUT2D eigenvalue weighted by Gasteiger charge is -2.23. The van der Waals surface area contributed by atoms with Gasteiger partial charge in [0.05, 0.1) is 37.5 Å². The molecule has 1 fully saturated rings. The maximum absolute atomic E-state index is 13.3. The number of aliphatic imine (C=N–C) groups is 2. The number of hydrogen-bond acceptors (Lipinski definition) is 6. The third kappa shape index (κ3) is 5.47. The molecule has 2 heterocycles. The third-order valence-corrected chi connectivity index (χ3v) is 4.85. The minimum atomic E-state index is -1.02. The van der Waals surface area contributed by atoms with Crippen molar-refractivity contribution in [2.24, 2.45) is 9.98 Å². The summed E-state index contributed by atoms with van der Waals surface area (Å²) >= 11 is 0. The highest BCUT2D eigenvalue weighted by Gasteiger charge is 2.43. The van der Waals surface area contributed by atoms with Gasteiger partial charge in [0.15, 0.2) is 6.10 Å². The Kier molecular flexibility index (Phi) is 7.61. The van der Waals surface area contributed by atoms with Gasteiger partial charge in [-0.25, -0.2) is 9.38 Å². The molecule has 4 atom stereocenters. The van der Waals surface area contributed by atoms with Crippen LogP contribution in [0.3, 0.4) is 0 Å². The number of rotatable bonds is 10. The second-order valence-electron chi connectivity index (χ2n) is 7.17. The maximum atomic E-state index is 13.3. The largest absolute Gasteiger partial charge is 0.488 e. The monoisotopic (exact) mass is 410 g/mol. The smallest absolute Gasteiger partial charge is 0.289 e. The number of nitriles is 1. The first kappa shape index (κ1) is 21.6. The Morgan fingerprint density at radius 1 is 1.60 bits per heavy atom. The quantitative estimate of drug-likeness (QED) is 0.313. The van der Waals surface area contributed by atoms with E-state index >= 15 is 0 Å². The minimum Gasteiger partial charge on any atom is -0.488 e. The zero-order valence-electron chi connectivity index (χ0n) is 17.2. The van der Waals surface area contributed by atoms with Gasteiger partial charge in [-0.15, -0.1) is 6.58 Å². The Hall–Kier alpha value is -3.14. The molecule has 0 N–H and O–H groups in total. The van der Waals surface area contributed by atoms with E-state index in [0.717, 1.165) is 6.42 Å². The highest BCUT2D eigenvalue weighted by molar-refractivity contribution is 5.80. The van der Waals surface area contributed by atoms with Crippen LogP contribution in [-0.2, 0) is 9.47 Å². The van der Waals surface area contributed by atoms with Crippen molar-refractivity contribution in [2.75, 3.05) is 19.7 Å². The van der Waals surface area contributed by atoms with Gasteiger partial charge in [-0.1, -0.05) is 31.2 Å². The fraction of sp³-hybridized carbons (Fsp3) is 0.435. The van der Waals surface area contributed by atoms with Gasteiger partial charge in [0, 0.05) is 5.57 Å². The van der Waals surface area contributed by atoms with Crippen LogP contribution in [0.25, 0.3) is 0 Å². The molecule has 1 saturated heterocycles. The zero-order valence-corrected chi connectivity index (χ0v) is 17.2. The fourth-order valence-electron chi connectivity index (χ4n) is 3.44. The molecule has 3 rings (SSSR count). The van der Waals surface area contributed by atoms with Crippen LogP contribution in [0.2, 0.25) is 0 Å². The first-order valence-corrected chi connectivity index (χ1v) is 10.2. The molecule has 3 aliphatic rings. The zero-order chi connectivity index (χ0) is 21.3. The van der Waals surface area contributed by atoms with E-state index in [2.05, 4.69) is 27.5 Å². The number of alkyl halides is 1. The number of allylic oxidation sites excluding steroid dienone is 6. The lowest BCUT2D eigenvalue weighted by molar-refractivity contribution is 0.107. The van der Waals surface area contributed by atoms with Crippen LogP contribution < -0.4 is 0 Å². The van der Waals surface area contributed by atoms with Crippen molar-refractivity contribution in [1.82, 2.24) is 4.90 Å². The van der Waals surface area contributed by atoms with Crippen molar-refractivity contribution < 1.29 is 13.9 Å². The summed E-state index contributed by atoms with van der Waals surface area (Å²) in [5, 5.41) is 9.04. The van der Waals surface area contributed by atoms with Crippen molar-refractivity contribution >= 4 is 12.2 Å². The molecule has 0 saturated carbocycles. The number of nitrogens with zero attached hydrogens (tertiary/aromatic N) is 4. The maximum Gasteiger partial charge on any atom is 0.289 e. The van der Waals surface area contributed by atoms with Gasteiger partial charge in [-0.05, 0) is 31.1 Å². The molecule has 0 radical (unpaired) electrons. The first-order chi connectivity index (χ1) is 14.6. The number of halogens is 1. The average Bonchev–Trinajstić information content (AvgIpc) is 3.28. The summed E-state index contributed by atoms with van der Waals surface area (Å²) in [4.78, 5) is 11.0. The standard InChI is InChI=1S/C23H27FN4O2/c1-3-6-18(24)8-5-11-26-14-19(7-4-2)29-16-20-15-28-22-10-9-17(13-25)12-21(22)27-23(28)30-20/h3,5,7-10,12,14,18,20-22H,1,4,6,11,15-16H2,2H3/b8-5+,19-7+,26-14?. The summed E-state index contributed by atoms with van der Waals surface area (Å²) in [6.45, 7) is 7.00. The number of hydrogen-bond donors (Lipinski definition) is 0.